The predicted octanol–water partition coefficient (Wildman–Crippen LogP) is 4.52. The molecule has 0 aliphatic rings. The monoisotopic (exact) mass is 398 g/mol. The number of thioether (sulfide) groups is 1. The Bertz CT molecular complexity index is 1110. The van der Waals surface area contributed by atoms with Crippen LogP contribution in [-0.4, -0.2) is 21.1 Å². The lowest BCUT2D eigenvalue weighted by molar-refractivity contribution is -0.117. The van der Waals surface area contributed by atoms with Crippen molar-refractivity contribution in [1.82, 2.24) is 15.2 Å². The van der Waals surface area contributed by atoms with Gasteiger partial charge in [-0.3, -0.25) is 4.79 Å². The second kappa shape index (κ2) is 8.67. The summed E-state index contributed by atoms with van der Waals surface area (Å²) < 4.78 is 0. The molecule has 0 saturated heterocycles. The molecule has 1 heterocycles. The van der Waals surface area contributed by atoms with Crippen LogP contribution in [-0.2, 0) is 4.79 Å². The van der Waals surface area contributed by atoms with E-state index in [1.54, 1.807) is 0 Å². The molecule has 0 fully saturated rings. The number of primary amides is 1. The van der Waals surface area contributed by atoms with Crippen LogP contribution < -0.4 is 5.73 Å². The van der Waals surface area contributed by atoms with Crippen molar-refractivity contribution in [1.29, 1.82) is 0 Å². The zero-order valence-electron chi connectivity index (χ0n) is 15.5. The third kappa shape index (κ3) is 4.33. The first-order valence-electron chi connectivity index (χ1n) is 9.09. The van der Waals surface area contributed by atoms with Crippen molar-refractivity contribution < 1.29 is 4.79 Å². The van der Waals surface area contributed by atoms with Gasteiger partial charge >= 0.3 is 0 Å². The van der Waals surface area contributed by atoms with Crippen molar-refractivity contribution in [2.45, 2.75) is 10.4 Å². The van der Waals surface area contributed by atoms with Crippen molar-refractivity contribution in [2.75, 3.05) is 0 Å². The Hall–Kier alpha value is -3.51. The van der Waals surface area contributed by atoms with Gasteiger partial charge in [-0.05, 0) is 5.56 Å². The summed E-state index contributed by atoms with van der Waals surface area (Å²) in [7, 11) is 0. The lowest BCUT2D eigenvalue weighted by atomic mass is 10.0. The second-order valence-corrected chi connectivity index (χ2v) is 7.41. The fraction of sp³-hybridized carbons (Fsp3) is 0.0435. The topological polar surface area (TPSA) is 81.8 Å². The summed E-state index contributed by atoms with van der Waals surface area (Å²) in [5.41, 5.74) is 9.72. The number of amides is 1. The van der Waals surface area contributed by atoms with Crippen LogP contribution in [0, 0.1) is 0 Å². The van der Waals surface area contributed by atoms with Crippen LogP contribution in [0.1, 0.15) is 10.8 Å². The summed E-state index contributed by atoms with van der Waals surface area (Å²) >= 11 is 1.20. The highest BCUT2D eigenvalue weighted by atomic mass is 32.2. The summed E-state index contributed by atoms with van der Waals surface area (Å²) in [6.07, 6.45) is 0. The molecular formula is C23H18N4OS. The van der Waals surface area contributed by atoms with Crippen molar-refractivity contribution >= 4 is 17.7 Å². The van der Waals surface area contributed by atoms with Gasteiger partial charge in [-0.2, -0.15) is 0 Å². The maximum Gasteiger partial charge on any atom is 0.235 e. The van der Waals surface area contributed by atoms with Gasteiger partial charge in [0.15, 0.2) is 0 Å². The fourth-order valence-electron chi connectivity index (χ4n) is 2.97. The van der Waals surface area contributed by atoms with Crippen LogP contribution in [0.15, 0.2) is 96.2 Å². The molecule has 3 aromatic carbocycles. The van der Waals surface area contributed by atoms with Crippen LogP contribution in [0.3, 0.4) is 0 Å². The van der Waals surface area contributed by atoms with E-state index in [1.807, 2.05) is 91.0 Å². The molecule has 1 amide bonds. The smallest absolute Gasteiger partial charge is 0.235 e. The van der Waals surface area contributed by atoms with Crippen LogP contribution in [0.5, 0.6) is 0 Å². The van der Waals surface area contributed by atoms with E-state index in [-0.39, 0.29) is 0 Å². The van der Waals surface area contributed by atoms with Gasteiger partial charge in [0.2, 0.25) is 11.1 Å². The van der Waals surface area contributed by atoms with Gasteiger partial charge < -0.3 is 5.73 Å². The van der Waals surface area contributed by atoms with Crippen molar-refractivity contribution in [3.05, 3.63) is 96.6 Å². The van der Waals surface area contributed by atoms with Crippen LogP contribution in [0.25, 0.3) is 22.5 Å². The molecule has 142 valence electrons. The van der Waals surface area contributed by atoms with Crippen LogP contribution >= 0.6 is 11.8 Å². The van der Waals surface area contributed by atoms with Gasteiger partial charge in [0.05, 0.1) is 0 Å². The van der Waals surface area contributed by atoms with Crippen molar-refractivity contribution in [3.63, 3.8) is 0 Å². The lowest BCUT2D eigenvalue weighted by Gasteiger charge is -2.14. The van der Waals surface area contributed by atoms with Gasteiger partial charge in [-0.15, -0.1) is 10.2 Å². The Balaban J connectivity index is 1.77. The number of aromatic nitrogens is 3. The third-order valence-corrected chi connectivity index (χ3v) is 5.47. The van der Waals surface area contributed by atoms with E-state index < -0.39 is 11.2 Å². The Morgan fingerprint density at radius 2 is 1.24 bits per heavy atom. The minimum absolute atomic E-state index is 0.399. The van der Waals surface area contributed by atoms with Gasteiger partial charge in [0.1, 0.15) is 16.6 Å². The molecule has 2 N–H and O–H groups in total. The van der Waals surface area contributed by atoms with E-state index in [1.165, 1.54) is 11.8 Å². The standard InChI is InChI=1S/C23H18N4OS/c24-22(28)21(18-14-8-3-9-15-18)29-23-25-19(16-10-4-1-5-11-16)20(26-27-23)17-12-6-2-7-13-17/h1-15,21H,(H2,24,28). The van der Waals surface area contributed by atoms with Gasteiger partial charge in [-0.25, -0.2) is 4.98 Å². The molecule has 0 saturated carbocycles. The van der Waals surface area contributed by atoms with E-state index in [0.29, 0.717) is 16.5 Å². The molecule has 6 heteroatoms. The number of rotatable bonds is 6. The van der Waals surface area contributed by atoms with E-state index in [2.05, 4.69) is 10.2 Å². The van der Waals surface area contributed by atoms with Gasteiger partial charge in [0.25, 0.3) is 0 Å². The Morgan fingerprint density at radius 1 is 0.724 bits per heavy atom. The van der Waals surface area contributed by atoms with E-state index in [4.69, 9.17) is 10.7 Å². The highest BCUT2D eigenvalue weighted by Crippen LogP contribution is 2.35. The maximum absolute atomic E-state index is 12.1. The van der Waals surface area contributed by atoms with Crippen molar-refractivity contribution in [2.24, 2.45) is 5.73 Å². The summed E-state index contributed by atoms with van der Waals surface area (Å²) in [6.45, 7) is 0. The number of carbonyl (C=O) groups is 1. The predicted molar refractivity (Wildman–Crippen MR) is 115 cm³/mol. The highest BCUT2D eigenvalue weighted by molar-refractivity contribution is 8.00. The number of carbonyl (C=O) groups excluding carboxylic acids is 1. The highest BCUT2D eigenvalue weighted by Gasteiger charge is 2.22. The first-order chi connectivity index (χ1) is 14.2. The molecule has 4 rings (SSSR count). The largest absolute Gasteiger partial charge is 0.368 e. The first-order valence-corrected chi connectivity index (χ1v) is 9.97. The molecule has 4 aromatic rings. The molecule has 1 aromatic heterocycles. The summed E-state index contributed by atoms with van der Waals surface area (Å²) in [5.74, 6) is -0.446. The molecule has 0 aliphatic heterocycles. The summed E-state index contributed by atoms with van der Waals surface area (Å²) in [5, 5.41) is 8.53. The zero-order chi connectivity index (χ0) is 20.1. The molecule has 0 bridgehead atoms. The minimum atomic E-state index is -0.593. The minimum Gasteiger partial charge on any atom is -0.368 e. The summed E-state index contributed by atoms with van der Waals surface area (Å²) in [4.78, 5) is 16.8. The number of nitrogens with two attached hydrogens (primary N) is 1. The lowest BCUT2D eigenvalue weighted by Crippen LogP contribution is -2.19. The Kier molecular flexibility index (Phi) is 5.63. The third-order valence-electron chi connectivity index (χ3n) is 4.35. The zero-order valence-corrected chi connectivity index (χ0v) is 16.3. The number of hydrogen-bond donors (Lipinski definition) is 1. The molecule has 1 atom stereocenters. The SMILES string of the molecule is NC(=O)C(Sc1nnc(-c2ccccc2)c(-c2ccccc2)n1)c1ccccc1. The first kappa shape index (κ1) is 18.8. The molecule has 0 radical (unpaired) electrons. The average Bonchev–Trinajstić information content (AvgIpc) is 2.79. The number of nitrogens with zero attached hydrogens (tertiary/aromatic N) is 3. The molecule has 29 heavy (non-hydrogen) atoms. The van der Waals surface area contributed by atoms with Crippen LogP contribution in [0.4, 0.5) is 0 Å². The molecule has 1 unspecified atom stereocenters. The molecule has 5 nitrogen and oxygen atoms in total. The number of hydrogen-bond acceptors (Lipinski definition) is 5. The molecular weight excluding hydrogens is 380 g/mol. The van der Waals surface area contributed by atoms with E-state index in [9.17, 15) is 4.79 Å². The number of benzene rings is 3. The maximum atomic E-state index is 12.1. The second-order valence-electron chi connectivity index (χ2n) is 6.33. The molecule has 0 spiro atoms. The van der Waals surface area contributed by atoms with Crippen molar-refractivity contribution in [3.8, 4) is 22.5 Å². The summed E-state index contributed by atoms with van der Waals surface area (Å²) in [6, 6.07) is 29.0. The van der Waals surface area contributed by atoms with Crippen LogP contribution in [0.2, 0.25) is 0 Å². The average molecular weight is 398 g/mol. The fourth-order valence-corrected chi connectivity index (χ4v) is 3.82. The Labute approximate surface area is 173 Å². The van der Waals surface area contributed by atoms with Gasteiger partial charge in [-0.1, -0.05) is 103 Å². The normalized spacial score (nSPS) is 11.7. The quantitative estimate of drug-likeness (QED) is 0.483. The van der Waals surface area contributed by atoms with E-state index in [0.717, 1.165) is 16.7 Å². The van der Waals surface area contributed by atoms with Gasteiger partial charge in [0, 0.05) is 11.1 Å². The molecule has 0 aliphatic carbocycles. The Morgan fingerprint density at radius 3 is 1.79 bits per heavy atom. The van der Waals surface area contributed by atoms with E-state index >= 15 is 0 Å².